The highest BCUT2D eigenvalue weighted by Crippen LogP contribution is 2.41. The van der Waals surface area contributed by atoms with E-state index in [0.29, 0.717) is 0 Å². The molecule has 1 aliphatic rings. The predicted octanol–water partition coefficient (Wildman–Crippen LogP) is 5.44. The third-order valence-electron chi connectivity index (χ3n) is 5.21. The van der Waals surface area contributed by atoms with Crippen molar-refractivity contribution in [2.75, 3.05) is 0 Å². The number of nitrogens with two attached hydrogens (primary N) is 2. The summed E-state index contributed by atoms with van der Waals surface area (Å²) in [5, 5.41) is 0. The lowest BCUT2D eigenvalue weighted by atomic mass is 9.85. The zero-order valence-electron chi connectivity index (χ0n) is 18.5. The van der Waals surface area contributed by atoms with Crippen LogP contribution >= 0.6 is 0 Å². The molecule has 1 aliphatic carbocycles. The molecule has 5 N–H and O–H groups in total. The highest BCUT2D eigenvalue weighted by molar-refractivity contribution is 7.86. The summed E-state index contributed by atoms with van der Waals surface area (Å²) < 4.78 is 57.5. The molecule has 3 aromatic carbocycles. The van der Waals surface area contributed by atoms with Crippen LogP contribution in [0, 0.1) is 0 Å². The van der Waals surface area contributed by atoms with E-state index in [1.807, 2.05) is 0 Å². The quantitative estimate of drug-likeness (QED) is 0.146. The number of hydrazine groups is 1. The van der Waals surface area contributed by atoms with E-state index in [4.69, 9.17) is 13.0 Å². The van der Waals surface area contributed by atoms with Gasteiger partial charge in [0.25, 0.3) is 0 Å². The lowest BCUT2D eigenvalue weighted by Crippen LogP contribution is -2.21. The number of rotatable bonds is 1. The zero-order valence-corrected chi connectivity index (χ0v) is 19.3. The van der Waals surface area contributed by atoms with Crippen molar-refractivity contribution in [1.82, 2.24) is 0 Å². The van der Waals surface area contributed by atoms with Crippen molar-refractivity contribution in [2.24, 2.45) is 11.7 Å². The molecule has 0 atom stereocenters. The van der Waals surface area contributed by atoms with E-state index in [1.165, 1.54) is 38.9 Å². The Morgan fingerprint density at radius 3 is 1.79 bits per heavy atom. The molecule has 178 valence electrons. The maximum Gasteiger partial charge on any atom is 0.522 e. The van der Waals surface area contributed by atoms with E-state index in [-0.39, 0.29) is 5.41 Å². The largest absolute Gasteiger partial charge is 0.522 e. The standard InChI is InChI=1S/C23H22.CHF3O3S.H4N2/c1-23(2,3)18-13-11-16(12-14-18)19-9-6-10-21-20-8-5-4-7-17(20)15-22(19)21;2-1(3,4)8(5,6)7;1-2/h4-14H,15H2,1-3H3;(H,5,6,7);1-2H2. The molecule has 0 spiro atoms. The molecule has 0 bridgehead atoms. The van der Waals surface area contributed by atoms with E-state index >= 15 is 0 Å². The van der Waals surface area contributed by atoms with E-state index in [0.717, 1.165) is 6.42 Å². The summed E-state index contributed by atoms with van der Waals surface area (Å²) in [5.74, 6) is 8.00. The highest BCUT2D eigenvalue weighted by atomic mass is 32.2. The number of alkyl halides is 3. The summed E-state index contributed by atoms with van der Waals surface area (Å²) >= 11 is 0. The molecule has 4 rings (SSSR count). The molecule has 0 aliphatic heterocycles. The van der Waals surface area contributed by atoms with Crippen LogP contribution < -0.4 is 11.7 Å². The second kappa shape index (κ2) is 10.0. The van der Waals surface area contributed by atoms with Gasteiger partial charge >= 0.3 is 15.6 Å². The van der Waals surface area contributed by atoms with Gasteiger partial charge < -0.3 is 0 Å². The van der Waals surface area contributed by atoms with Crippen molar-refractivity contribution in [3.05, 3.63) is 83.4 Å². The van der Waals surface area contributed by atoms with Crippen molar-refractivity contribution >= 4 is 10.1 Å². The first kappa shape index (κ1) is 26.5. The van der Waals surface area contributed by atoms with Crippen LogP contribution in [0.4, 0.5) is 13.2 Å². The van der Waals surface area contributed by atoms with Crippen LogP contribution in [0.3, 0.4) is 0 Å². The molecule has 0 saturated heterocycles. The van der Waals surface area contributed by atoms with Gasteiger partial charge in [-0.25, -0.2) is 0 Å². The number of fused-ring (bicyclic) bond motifs is 3. The van der Waals surface area contributed by atoms with Crippen molar-refractivity contribution < 1.29 is 26.1 Å². The second-order valence-corrected chi connectivity index (χ2v) is 9.83. The van der Waals surface area contributed by atoms with E-state index in [9.17, 15) is 13.2 Å². The van der Waals surface area contributed by atoms with Gasteiger partial charge in [0.1, 0.15) is 0 Å². The molecular formula is C24H27F3N2O3S. The third kappa shape index (κ3) is 6.20. The summed E-state index contributed by atoms with van der Waals surface area (Å²) in [6, 6.07) is 24.6. The first-order valence-electron chi connectivity index (χ1n) is 9.97. The summed E-state index contributed by atoms with van der Waals surface area (Å²) in [5.41, 5.74) is 4.46. The molecule has 0 unspecified atom stereocenters. The van der Waals surface area contributed by atoms with Gasteiger partial charge in [0.2, 0.25) is 0 Å². The Kier molecular flexibility index (Phi) is 8.08. The van der Waals surface area contributed by atoms with E-state index in [1.54, 1.807) is 0 Å². The van der Waals surface area contributed by atoms with Gasteiger partial charge in [-0.2, -0.15) is 21.6 Å². The molecule has 33 heavy (non-hydrogen) atoms. The molecule has 3 aromatic rings. The summed E-state index contributed by atoms with van der Waals surface area (Å²) in [7, 11) is -5.84. The van der Waals surface area contributed by atoms with Crippen molar-refractivity contribution in [3.8, 4) is 22.3 Å². The minimum atomic E-state index is -5.84. The van der Waals surface area contributed by atoms with Gasteiger partial charge in [0.15, 0.2) is 0 Å². The van der Waals surface area contributed by atoms with Crippen LogP contribution in [-0.2, 0) is 22.0 Å². The van der Waals surface area contributed by atoms with Crippen LogP contribution in [0.25, 0.3) is 22.3 Å². The highest BCUT2D eigenvalue weighted by Gasteiger charge is 2.44. The molecule has 9 heteroatoms. The van der Waals surface area contributed by atoms with Gasteiger partial charge in [-0.1, -0.05) is 87.5 Å². The lowest BCUT2D eigenvalue weighted by Gasteiger charge is -2.19. The van der Waals surface area contributed by atoms with Gasteiger partial charge in [0, 0.05) is 0 Å². The average Bonchev–Trinajstić information content (AvgIpc) is 3.12. The normalized spacial score (nSPS) is 12.5. The van der Waals surface area contributed by atoms with Gasteiger partial charge in [-0.3, -0.25) is 16.2 Å². The Labute approximate surface area is 192 Å². The van der Waals surface area contributed by atoms with Crippen molar-refractivity contribution in [1.29, 1.82) is 0 Å². The van der Waals surface area contributed by atoms with Crippen molar-refractivity contribution in [3.63, 3.8) is 0 Å². The van der Waals surface area contributed by atoms with Crippen LogP contribution in [0.15, 0.2) is 66.7 Å². The Morgan fingerprint density at radius 1 is 0.788 bits per heavy atom. The Hall–Kier alpha value is -2.72. The number of hydrogen-bond donors (Lipinski definition) is 3. The first-order valence-corrected chi connectivity index (χ1v) is 11.4. The lowest BCUT2D eigenvalue weighted by molar-refractivity contribution is -0.0510. The minimum absolute atomic E-state index is 0.202. The predicted molar refractivity (Wildman–Crippen MR) is 125 cm³/mol. The smallest absolute Gasteiger partial charge is 0.279 e. The Bertz CT molecular complexity index is 1200. The van der Waals surface area contributed by atoms with Crippen LogP contribution in [0.5, 0.6) is 0 Å². The molecule has 0 amide bonds. The fourth-order valence-corrected chi connectivity index (χ4v) is 3.58. The van der Waals surface area contributed by atoms with E-state index in [2.05, 4.69) is 99.2 Å². The summed E-state index contributed by atoms with van der Waals surface area (Å²) in [6.07, 6.45) is 1.04. The van der Waals surface area contributed by atoms with Crippen LogP contribution in [0.1, 0.15) is 37.5 Å². The minimum Gasteiger partial charge on any atom is -0.279 e. The summed E-state index contributed by atoms with van der Waals surface area (Å²) in [4.78, 5) is 0. The maximum atomic E-state index is 10.7. The molecule has 0 fully saturated rings. The molecule has 0 saturated carbocycles. The Balaban J connectivity index is 0.000000330. The summed E-state index contributed by atoms with van der Waals surface area (Å²) in [6.45, 7) is 6.79. The number of halogens is 3. The SMILES string of the molecule is CC(C)(C)c1ccc(-c2cccc3c2Cc2ccccc2-3)cc1.NN.O=S(=O)(O)C(F)(F)F. The number of hydrogen-bond acceptors (Lipinski definition) is 4. The van der Waals surface area contributed by atoms with Gasteiger partial charge in [0.05, 0.1) is 0 Å². The molecular weight excluding hydrogens is 453 g/mol. The monoisotopic (exact) mass is 480 g/mol. The van der Waals surface area contributed by atoms with Crippen molar-refractivity contribution in [2.45, 2.75) is 38.1 Å². The van der Waals surface area contributed by atoms with Crippen LogP contribution in [-0.4, -0.2) is 18.5 Å². The van der Waals surface area contributed by atoms with Gasteiger partial charge in [-0.15, -0.1) is 0 Å². The molecule has 0 radical (unpaired) electrons. The van der Waals surface area contributed by atoms with E-state index < -0.39 is 15.6 Å². The van der Waals surface area contributed by atoms with Crippen LogP contribution in [0.2, 0.25) is 0 Å². The third-order valence-corrected chi connectivity index (χ3v) is 5.79. The topological polar surface area (TPSA) is 106 Å². The molecule has 5 nitrogen and oxygen atoms in total. The molecule has 0 aromatic heterocycles. The maximum absolute atomic E-state index is 10.7. The number of benzene rings is 3. The first-order chi connectivity index (χ1) is 15.3. The molecule has 0 heterocycles. The average molecular weight is 481 g/mol. The zero-order chi connectivity index (χ0) is 25.0. The second-order valence-electron chi connectivity index (χ2n) is 8.41. The fraction of sp³-hybridized carbons (Fsp3) is 0.250. The fourth-order valence-electron chi connectivity index (χ4n) is 3.58. The van der Waals surface area contributed by atoms with Gasteiger partial charge in [-0.05, 0) is 50.8 Å². The Morgan fingerprint density at radius 2 is 1.27 bits per heavy atom.